The maximum atomic E-state index is 12.1. The quantitative estimate of drug-likeness (QED) is 0.229. The Bertz CT molecular complexity index is 1440. The number of nitrogens with one attached hydrogen (secondary N) is 2. The summed E-state index contributed by atoms with van der Waals surface area (Å²) in [7, 11) is 0. The van der Waals surface area contributed by atoms with Gasteiger partial charge in [0.1, 0.15) is 0 Å². The van der Waals surface area contributed by atoms with Crippen LogP contribution in [-0.2, 0) is 22.4 Å². The molecule has 214 valence electrons. The fourth-order valence-corrected chi connectivity index (χ4v) is 6.12. The van der Waals surface area contributed by atoms with Crippen LogP contribution in [0.15, 0.2) is 79.1 Å². The lowest BCUT2D eigenvalue weighted by Gasteiger charge is -2.22. The first kappa shape index (κ1) is 29.1. The number of carbonyl (C=O) groups excluding carboxylic acids is 2. The molecule has 0 aliphatic heterocycles. The van der Waals surface area contributed by atoms with Crippen molar-refractivity contribution < 1.29 is 9.59 Å². The van der Waals surface area contributed by atoms with Gasteiger partial charge in [-0.05, 0) is 59.0 Å². The van der Waals surface area contributed by atoms with Crippen molar-refractivity contribution in [1.29, 1.82) is 0 Å². The molecule has 6 rings (SSSR count). The van der Waals surface area contributed by atoms with Crippen LogP contribution in [0.2, 0.25) is 0 Å². The minimum atomic E-state index is 0.272. The second-order valence-corrected chi connectivity index (χ2v) is 11.7. The second kappa shape index (κ2) is 15.0. The van der Waals surface area contributed by atoms with Gasteiger partial charge in [0, 0.05) is 42.7 Å². The molecule has 4 aromatic rings. The normalized spacial score (nSPS) is 16.0. The zero-order valence-electron chi connectivity index (χ0n) is 24.1. The fourth-order valence-electron chi connectivity index (χ4n) is 6.12. The summed E-state index contributed by atoms with van der Waals surface area (Å²) >= 11 is 0. The molecule has 0 spiro atoms. The van der Waals surface area contributed by atoms with E-state index >= 15 is 0 Å². The Morgan fingerprint density at radius 1 is 0.610 bits per heavy atom. The molecule has 2 aliphatic carbocycles. The van der Waals surface area contributed by atoms with Crippen molar-refractivity contribution in [2.75, 3.05) is 13.1 Å². The number of ketones is 2. The van der Waals surface area contributed by atoms with E-state index in [1.165, 1.54) is 68.6 Å². The van der Waals surface area contributed by atoms with Crippen LogP contribution in [-0.4, -0.2) is 41.7 Å². The van der Waals surface area contributed by atoms with Gasteiger partial charge in [0.2, 0.25) is 0 Å². The summed E-state index contributed by atoms with van der Waals surface area (Å²) in [5.74, 6) is 0.557. The minimum Gasteiger partial charge on any atom is -0.307 e. The smallest absolute Gasteiger partial charge is 0.150 e. The largest absolute Gasteiger partial charge is 0.307 e. The van der Waals surface area contributed by atoms with Crippen LogP contribution in [0.25, 0.3) is 21.5 Å². The second-order valence-electron chi connectivity index (χ2n) is 11.7. The lowest BCUT2D eigenvalue weighted by molar-refractivity contribution is -0.118. The van der Waals surface area contributed by atoms with Gasteiger partial charge in [-0.3, -0.25) is 14.6 Å². The van der Waals surface area contributed by atoms with E-state index in [2.05, 4.69) is 52.0 Å². The predicted octanol–water partition coefficient (Wildman–Crippen LogP) is 6.75. The van der Waals surface area contributed by atoms with Gasteiger partial charge in [-0.2, -0.15) is 0 Å². The molecule has 5 heteroatoms. The highest BCUT2D eigenvalue weighted by Gasteiger charge is 2.16. The van der Waals surface area contributed by atoms with Crippen LogP contribution < -0.4 is 10.6 Å². The van der Waals surface area contributed by atoms with E-state index < -0.39 is 0 Å². The van der Waals surface area contributed by atoms with E-state index in [9.17, 15) is 9.59 Å². The summed E-state index contributed by atoms with van der Waals surface area (Å²) < 4.78 is 0. The maximum absolute atomic E-state index is 12.1. The molecule has 0 atom stereocenters. The number of aromatic nitrogens is 1. The number of nitrogens with zero attached hydrogens (tertiary/aromatic N) is 1. The van der Waals surface area contributed by atoms with E-state index in [4.69, 9.17) is 0 Å². The number of benzene rings is 3. The zero-order valence-corrected chi connectivity index (χ0v) is 24.1. The van der Waals surface area contributed by atoms with Crippen LogP contribution in [0.3, 0.4) is 0 Å². The molecule has 1 aromatic heterocycles. The highest BCUT2D eigenvalue weighted by Crippen LogP contribution is 2.19. The molecule has 0 saturated heterocycles. The molecule has 2 aliphatic rings. The monoisotopic (exact) mass is 549 g/mol. The first-order chi connectivity index (χ1) is 20.1. The summed E-state index contributed by atoms with van der Waals surface area (Å²) in [4.78, 5) is 28.3. The Hall–Kier alpha value is -3.41. The van der Waals surface area contributed by atoms with E-state index in [-0.39, 0.29) is 11.6 Å². The minimum absolute atomic E-state index is 0.272. The van der Waals surface area contributed by atoms with E-state index in [1.54, 1.807) is 6.20 Å². The Balaban J connectivity index is 0.000000165. The van der Waals surface area contributed by atoms with Gasteiger partial charge >= 0.3 is 0 Å². The van der Waals surface area contributed by atoms with Crippen LogP contribution in [0.4, 0.5) is 0 Å². The number of hydrogen-bond acceptors (Lipinski definition) is 5. The SMILES string of the molecule is O=C(CNC1CCCC1)Cc1ccc2ccccc2c1.O=C(CNC1CCCCC1)Cc1ccc2cnccc2c1. The van der Waals surface area contributed by atoms with Crippen molar-refractivity contribution in [3.8, 4) is 0 Å². The maximum Gasteiger partial charge on any atom is 0.150 e. The van der Waals surface area contributed by atoms with Crippen LogP contribution in [0.5, 0.6) is 0 Å². The summed E-state index contributed by atoms with van der Waals surface area (Å²) in [6, 6.07) is 23.8. The third-order valence-corrected chi connectivity index (χ3v) is 8.46. The summed E-state index contributed by atoms with van der Waals surface area (Å²) in [6.45, 7) is 1.01. The number of carbonyl (C=O) groups is 2. The van der Waals surface area contributed by atoms with E-state index in [0.29, 0.717) is 38.0 Å². The first-order valence-corrected chi connectivity index (χ1v) is 15.4. The summed E-state index contributed by atoms with van der Waals surface area (Å²) in [5.41, 5.74) is 2.20. The highest BCUT2D eigenvalue weighted by atomic mass is 16.1. The van der Waals surface area contributed by atoms with Gasteiger partial charge in [-0.25, -0.2) is 0 Å². The van der Waals surface area contributed by atoms with Crippen molar-refractivity contribution in [2.24, 2.45) is 0 Å². The zero-order chi connectivity index (χ0) is 28.3. The van der Waals surface area contributed by atoms with Gasteiger partial charge < -0.3 is 10.6 Å². The molecular formula is C36H43N3O2. The van der Waals surface area contributed by atoms with Gasteiger partial charge in [0.15, 0.2) is 11.6 Å². The van der Waals surface area contributed by atoms with Gasteiger partial charge in [-0.1, -0.05) is 92.8 Å². The molecule has 2 N–H and O–H groups in total. The van der Waals surface area contributed by atoms with Crippen molar-refractivity contribution in [3.05, 3.63) is 90.3 Å². The van der Waals surface area contributed by atoms with E-state index in [1.807, 2.05) is 36.5 Å². The molecular weight excluding hydrogens is 506 g/mol. The summed E-state index contributed by atoms with van der Waals surface area (Å²) in [6.07, 6.45) is 16.1. The molecule has 0 bridgehead atoms. The lowest BCUT2D eigenvalue weighted by atomic mass is 9.95. The van der Waals surface area contributed by atoms with Crippen molar-refractivity contribution in [2.45, 2.75) is 82.7 Å². The van der Waals surface area contributed by atoms with Crippen LogP contribution in [0.1, 0.15) is 68.9 Å². The van der Waals surface area contributed by atoms with Crippen molar-refractivity contribution in [3.63, 3.8) is 0 Å². The van der Waals surface area contributed by atoms with Gasteiger partial charge in [-0.15, -0.1) is 0 Å². The number of Topliss-reactive ketones (excluding diaryl/α,β-unsaturated/α-hetero) is 2. The van der Waals surface area contributed by atoms with E-state index in [0.717, 1.165) is 21.9 Å². The highest BCUT2D eigenvalue weighted by molar-refractivity contribution is 5.87. The number of fused-ring (bicyclic) bond motifs is 2. The molecule has 5 nitrogen and oxygen atoms in total. The molecule has 2 saturated carbocycles. The van der Waals surface area contributed by atoms with Gasteiger partial charge in [0.05, 0.1) is 13.1 Å². The molecule has 2 fully saturated rings. The van der Waals surface area contributed by atoms with Gasteiger partial charge in [0.25, 0.3) is 0 Å². The molecule has 41 heavy (non-hydrogen) atoms. The number of hydrogen-bond donors (Lipinski definition) is 2. The number of rotatable bonds is 10. The predicted molar refractivity (Wildman–Crippen MR) is 168 cm³/mol. The Kier molecular flexibility index (Phi) is 10.6. The molecule has 0 amide bonds. The first-order valence-electron chi connectivity index (χ1n) is 15.4. The third kappa shape index (κ3) is 9.04. The Labute approximate surface area is 244 Å². The molecule has 3 aromatic carbocycles. The molecule has 1 heterocycles. The average Bonchev–Trinajstić information content (AvgIpc) is 3.54. The Morgan fingerprint density at radius 3 is 1.73 bits per heavy atom. The molecule has 0 unspecified atom stereocenters. The standard InChI is InChI=1S/C18H22N2O.C18H21NO/c21-18(13-20-17-4-2-1-3-5-17)11-14-6-7-16-12-19-9-8-15(16)10-14;20-18(13-19-17-7-3-4-8-17)12-14-9-10-15-5-1-2-6-16(15)11-14/h6-10,12,17,20H,1-5,11,13H2;1-2,5-6,9-11,17,19H,3-4,7-8,12-13H2. The van der Waals surface area contributed by atoms with Crippen LogP contribution >= 0.6 is 0 Å². The fraction of sp³-hybridized carbons (Fsp3) is 0.417. The topological polar surface area (TPSA) is 71.1 Å². The summed E-state index contributed by atoms with van der Waals surface area (Å²) in [5, 5.41) is 11.5. The van der Waals surface area contributed by atoms with Crippen LogP contribution in [0, 0.1) is 0 Å². The Morgan fingerprint density at radius 2 is 1.12 bits per heavy atom. The molecule has 0 radical (unpaired) electrons. The number of pyridine rings is 1. The lowest BCUT2D eigenvalue weighted by Crippen LogP contribution is -2.35. The third-order valence-electron chi connectivity index (χ3n) is 8.46. The van der Waals surface area contributed by atoms with Crippen molar-refractivity contribution in [1.82, 2.24) is 15.6 Å². The van der Waals surface area contributed by atoms with Crippen molar-refractivity contribution >= 4 is 33.1 Å². The average molecular weight is 550 g/mol.